The average Bonchev–Trinajstić information content (AvgIpc) is 2.33. The van der Waals surface area contributed by atoms with Crippen LogP contribution in [-0.4, -0.2) is 14.9 Å². The fourth-order valence-corrected chi connectivity index (χ4v) is 1.38. The van der Waals surface area contributed by atoms with Crippen molar-refractivity contribution in [3.8, 4) is 0 Å². The van der Waals surface area contributed by atoms with Crippen molar-refractivity contribution >= 4 is 23.0 Å². The van der Waals surface area contributed by atoms with Crippen LogP contribution in [0.15, 0.2) is 24.5 Å². The minimum absolute atomic E-state index is 0.291. The Kier molecular flexibility index (Phi) is 3.19. The van der Waals surface area contributed by atoms with Crippen LogP contribution in [0.4, 0.5) is 31.8 Å². The van der Waals surface area contributed by atoms with Crippen molar-refractivity contribution in [2.75, 3.05) is 11.1 Å². The monoisotopic (exact) mass is 267 g/mol. The molecular weight excluding hydrogens is 260 g/mol. The summed E-state index contributed by atoms with van der Waals surface area (Å²) in [6.07, 6.45) is 0.974. The first-order valence-corrected chi connectivity index (χ1v) is 4.96. The standard InChI is InChI=1S/C10H7F2N5O2/c11-5-1-2-6(12)7(3-5)16-10-8(17(18)19)9(13)14-4-15-10/h1-4H,(H3,13,14,15,16). The van der Waals surface area contributed by atoms with Crippen LogP contribution in [0.3, 0.4) is 0 Å². The van der Waals surface area contributed by atoms with E-state index in [-0.39, 0.29) is 17.3 Å². The van der Waals surface area contributed by atoms with Gasteiger partial charge in [-0.1, -0.05) is 0 Å². The molecule has 0 bridgehead atoms. The highest BCUT2D eigenvalue weighted by Gasteiger charge is 2.21. The molecule has 7 nitrogen and oxygen atoms in total. The van der Waals surface area contributed by atoms with Gasteiger partial charge in [-0.25, -0.2) is 18.7 Å². The van der Waals surface area contributed by atoms with Crippen molar-refractivity contribution in [2.24, 2.45) is 0 Å². The van der Waals surface area contributed by atoms with Crippen LogP contribution in [0.1, 0.15) is 0 Å². The highest BCUT2D eigenvalue weighted by atomic mass is 19.1. The fraction of sp³-hybridized carbons (Fsp3) is 0. The molecule has 1 aromatic heterocycles. The topological polar surface area (TPSA) is 107 Å². The van der Waals surface area contributed by atoms with Crippen LogP contribution >= 0.6 is 0 Å². The molecule has 0 fully saturated rings. The first-order valence-electron chi connectivity index (χ1n) is 4.96. The maximum absolute atomic E-state index is 13.4. The maximum atomic E-state index is 13.4. The van der Waals surface area contributed by atoms with Crippen LogP contribution in [0.5, 0.6) is 0 Å². The van der Waals surface area contributed by atoms with E-state index in [1.165, 1.54) is 0 Å². The highest BCUT2D eigenvalue weighted by Crippen LogP contribution is 2.30. The molecule has 0 unspecified atom stereocenters. The predicted octanol–water partition coefficient (Wildman–Crippen LogP) is 1.99. The van der Waals surface area contributed by atoms with Gasteiger partial charge in [0.15, 0.2) is 0 Å². The number of anilines is 3. The molecule has 0 amide bonds. The minimum atomic E-state index is -0.811. The molecule has 0 aliphatic heterocycles. The van der Waals surface area contributed by atoms with Gasteiger partial charge in [-0.2, -0.15) is 0 Å². The molecule has 0 spiro atoms. The lowest BCUT2D eigenvalue weighted by atomic mass is 10.3. The van der Waals surface area contributed by atoms with Crippen LogP contribution in [0.25, 0.3) is 0 Å². The highest BCUT2D eigenvalue weighted by molar-refractivity contribution is 5.72. The molecule has 0 saturated carbocycles. The SMILES string of the molecule is Nc1ncnc(Nc2cc(F)ccc2F)c1[N+](=O)[O-]. The van der Waals surface area contributed by atoms with Crippen molar-refractivity contribution in [3.63, 3.8) is 0 Å². The van der Waals surface area contributed by atoms with Gasteiger partial charge in [0.25, 0.3) is 0 Å². The molecule has 19 heavy (non-hydrogen) atoms. The van der Waals surface area contributed by atoms with Crippen molar-refractivity contribution in [1.82, 2.24) is 9.97 Å². The van der Waals surface area contributed by atoms with Crippen LogP contribution in [0, 0.1) is 21.7 Å². The molecule has 0 saturated heterocycles. The molecule has 1 heterocycles. The van der Waals surface area contributed by atoms with E-state index in [1.807, 2.05) is 0 Å². The molecule has 1 aromatic carbocycles. The van der Waals surface area contributed by atoms with Crippen LogP contribution < -0.4 is 11.1 Å². The van der Waals surface area contributed by atoms with Gasteiger partial charge in [0.1, 0.15) is 18.0 Å². The van der Waals surface area contributed by atoms with E-state index in [9.17, 15) is 18.9 Å². The second kappa shape index (κ2) is 4.80. The lowest BCUT2D eigenvalue weighted by Gasteiger charge is -2.07. The van der Waals surface area contributed by atoms with Gasteiger partial charge in [0.05, 0.1) is 10.6 Å². The van der Waals surface area contributed by atoms with E-state index in [1.54, 1.807) is 0 Å². The van der Waals surface area contributed by atoms with Crippen molar-refractivity contribution in [1.29, 1.82) is 0 Å². The lowest BCUT2D eigenvalue weighted by molar-refractivity contribution is -0.383. The lowest BCUT2D eigenvalue weighted by Crippen LogP contribution is -2.05. The van der Waals surface area contributed by atoms with Crippen molar-refractivity contribution < 1.29 is 13.7 Å². The van der Waals surface area contributed by atoms with Gasteiger partial charge in [-0.15, -0.1) is 0 Å². The van der Waals surface area contributed by atoms with Gasteiger partial charge < -0.3 is 11.1 Å². The number of rotatable bonds is 3. The number of nitrogen functional groups attached to an aromatic ring is 1. The van der Waals surface area contributed by atoms with E-state index < -0.39 is 22.2 Å². The molecule has 0 atom stereocenters. The molecule has 3 N–H and O–H groups in total. The molecule has 9 heteroatoms. The molecule has 2 rings (SSSR count). The summed E-state index contributed by atoms with van der Waals surface area (Å²) in [5.41, 5.74) is 4.45. The largest absolute Gasteiger partial charge is 0.378 e. The summed E-state index contributed by atoms with van der Waals surface area (Å²) in [4.78, 5) is 17.1. The van der Waals surface area contributed by atoms with E-state index in [4.69, 9.17) is 5.73 Å². The first-order chi connectivity index (χ1) is 8.99. The molecule has 2 aromatic rings. The Balaban J connectivity index is 2.46. The number of nitrogens with two attached hydrogens (primary N) is 1. The number of nitrogens with zero attached hydrogens (tertiary/aromatic N) is 3. The third-order valence-electron chi connectivity index (χ3n) is 2.21. The quantitative estimate of drug-likeness (QED) is 0.650. The summed E-state index contributed by atoms with van der Waals surface area (Å²) in [5.74, 6) is -2.18. The molecule has 0 radical (unpaired) electrons. The average molecular weight is 267 g/mol. The molecule has 0 aliphatic rings. The summed E-state index contributed by atoms with van der Waals surface area (Å²) in [5, 5.41) is 13.1. The van der Waals surface area contributed by atoms with Crippen molar-refractivity contribution in [2.45, 2.75) is 0 Å². The number of nitro groups is 1. The molecular formula is C10H7F2N5O2. The van der Waals surface area contributed by atoms with E-state index in [0.29, 0.717) is 0 Å². The Morgan fingerprint density at radius 2 is 2.05 bits per heavy atom. The van der Waals surface area contributed by atoms with Crippen LogP contribution in [0.2, 0.25) is 0 Å². The summed E-state index contributed by atoms with van der Waals surface area (Å²) in [6.45, 7) is 0. The number of benzene rings is 1. The van der Waals surface area contributed by atoms with Gasteiger partial charge in [-0.3, -0.25) is 10.1 Å². The van der Waals surface area contributed by atoms with E-state index >= 15 is 0 Å². The first kappa shape index (κ1) is 12.6. The number of nitrogens with one attached hydrogen (secondary N) is 1. The second-order valence-electron chi connectivity index (χ2n) is 3.46. The van der Waals surface area contributed by atoms with E-state index in [2.05, 4.69) is 15.3 Å². The molecule has 98 valence electrons. The number of halogens is 2. The Bertz CT molecular complexity index is 650. The van der Waals surface area contributed by atoms with Crippen molar-refractivity contribution in [3.05, 3.63) is 46.3 Å². The summed E-state index contributed by atoms with van der Waals surface area (Å²) in [7, 11) is 0. The number of hydrogen-bond acceptors (Lipinski definition) is 6. The Labute approximate surface area is 105 Å². The molecule has 0 aliphatic carbocycles. The number of hydrogen-bond donors (Lipinski definition) is 2. The smallest absolute Gasteiger partial charge is 0.353 e. The summed E-state index contributed by atoms with van der Waals surface area (Å²) < 4.78 is 26.4. The van der Waals surface area contributed by atoms with Gasteiger partial charge >= 0.3 is 5.69 Å². The normalized spacial score (nSPS) is 10.2. The number of aromatic nitrogens is 2. The Morgan fingerprint density at radius 3 is 2.74 bits per heavy atom. The zero-order valence-corrected chi connectivity index (χ0v) is 9.30. The summed E-state index contributed by atoms with van der Waals surface area (Å²) >= 11 is 0. The third-order valence-corrected chi connectivity index (χ3v) is 2.21. The second-order valence-corrected chi connectivity index (χ2v) is 3.46. The minimum Gasteiger partial charge on any atom is -0.378 e. The van der Waals surface area contributed by atoms with Crippen LogP contribution in [-0.2, 0) is 0 Å². The van der Waals surface area contributed by atoms with Gasteiger partial charge in [0, 0.05) is 6.07 Å². The van der Waals surface area contributed by atoms with E-state index in [0.717, 1.165) is 24.5 Å². The Morgan fingerprint density at radius 1 is 1.32 bits per heavy atom. The predicted molar refractivity (Wildman–Crippen MR) is 62.7 cm³/mol. The maximum Gasteiger partial charge on any atom is 0.353 e. The zero-order valence-electron chi connectivity index (χ0n) is 9.30. The Hall–Kier alpha value is -2.84. The third kappa shape index (κ3) is 2.54. The van der Waals surface area contributed by atoms with Gasteiger partial charge in [-0.05, 0) is 12.1 Å². The summed E-state index contributed by atoms with van der Waals surface area (Å²) in [6, 6.07) is 2.65. The fourth-order valence-electron chi connectivity index (χ4n) is 1.38. The zero-order chi connectivity index (χ0) is 14.0. The van der Waals surface area contributed by atoms with Gasteiger partial charge in [0.2, 0.25) is 11.6 Å².